The van der Waals surface area contributed by atoms with Crippen LogP contribution in [0.4, 0.5) is 4.79 Å². The maximum Gasteiger partial charge on any atom is 0.407 e. The largest absolute Gasteiger partial charge is 0.479 e. The molecule has 9 nitrogen and oxygen atoms in total. The Bertz CT molecular complexity index is 1070. The number of alkyl carbamates (subject to hydrolysis) is 1. The molecule has 0 spiro atoms. The predicted molar refractivity (Wildman–Crippen MR) is 129 cm³/mol. The number of β-amino-alcohol motifs (C(OH)–C–C–N with tert-alkyl or cyclic N) is 1. The zero-order valence-electron chi connectivity index (χ0n) is 19.9. The van der Waals surface area contributed by atoms with E-state index in [1.54, 1.807) is 19.0 Å². The van der Waals surface area contributed by atoms with Crippen molar-refractivity contribution in [1.82, 2.24) is 15.1 Å². The van der Waals surface area contributed by atoms with Crippen LogP contribution in [-0.4, -0.2) is 90.0 Å². The highest BCUT2D eigenvalue weighted by molar-refractivity contribution is 5.87. The summed E-state index contributed by atoms with van der Waals surface area (Å²) in [5.41, 5.74) is 2.43. The Morgan fingerprint density at radius 3 is 2.29 bits per heavy atom. The smallest absolute Gasteiger partial charge is 0.407 e. The van der Waals surface area contributed by atoms with Crippen LogP contribution in [0.5, 0.6) is 0 Å². The monoisotopic (exact) mass is 481 g/mol. The fourth-order valence-electron chi connectivity index (χ4n) is 4.95. The lowest BCUT2D eigenvalue weighted by Gasteiger charge is -2.38. The van der Waals surface area contributed by atoms with Crippen molar-refractivity contribution in [2.45, 2.75) is 30.4 Å². The number of nitrogens with zero attached hydrogens (tertiary/aromatic N) is 2. The number of aliphatic hydroxyl groups is 1. The van der Waals surface area contributed by atoms with Crippen LogP contribution < -0.4 is 5.32 Å². The average Bonchev–Trinajstić information content (AvgIpc) is 3.15. The van der Waals surface area contributed by atoms with Crippen LogP contribution in [0, 0.1) is 0 Å². The molecule has 2 atom stereocenters. The highest BCUT2D eigenvalue weighted by atomic mass is 16.5. The lowest BCUT2D eigenvalue weighted by atomic mass is 9.92. The lowest BCUT2D eigenvalue weighted by Crippen LogP contribution is -2.60. The number of carboxylic acids is 1. The van der Waals surface area contributed by atoms with Crippen LogP contribution in [0.3, 0.4) is 0 Å². The molecule has 9 heteroatoms. The van der Waals surface area contributed by atoms with Gasteiger partial charge in [0.2, 0.25) is 5.91 Å². The van der Waals surface area contributed by atoms with Gasteiger partial charge in [-0.1, -0.05) is 48.5 Å². The van der Waals surface area contributed by atoms with Crippen molar-refractivity contribution in [2.24, 2.45) is 0 Å². The van der Waals surface area contributed by atoms with Crippen LogP contribution in [0.15, 0.2) is 48.5 Å². The summed E-state index contributed by atoms with van der Waals surface area (Å²) in [5.74, 6) is -1.92. The summed E-state index contributed by atoms with van der Waals surface area (Å²) < 4.78 is 5.59. The van der Waals surface area contributed by atoms with Crippen LogP contribution in [-0.2, 0) is 14.3 Å². The first-order valence-corrected chi connectivity index (χ1v) is 11.7. The molecule has 186 valence electrons. The molecule has 2 amide bonds. The Balaban J connectivity index is 1.43. The standard InChI is InChI=1S/C26H31N3O6/c1-28(2)14-22(23(30)29-13-7-12-26(34,16-29)24(31)32)27-25(33)35-15-21-19-10-5-3-8-17(19)18-9-4-6-11-20(18)21/h3-6,8-11,21-22,34H,7,12-16H2,1-2H3,(H,27,33)(H,31,32)/t22-,26?/m0/s1. The van der Waals surface area contributed by atoms with Crippen molar-refractivity contribution < 1.29 is 29.3 Å². The van der Waals surface area contributed by atoms with Gasteiger partial charge in [-0.15, -0.1) is 0 Å². The second-order valence-corrected chi connectivity index (χ2v) is 9.48. The molecule has 1 unspecified atom stereocenters. The van der Waals surface area contributed by atoms with E-state index in [9.17, 15) is 24.6 Å². The Hall–Kier alpha value is -3.43. The van der Waals surface area contributed by atoms with E-state index in [-0.39, 0.29) is 32.0 Å². The molecule has 35 heavy (non-hydrogen) atoms. The van der Waals surface area contributed by atoms with Gasteiger partial charge in [0.15, 0.2) is 5.60 Å². The number of likely N-dealkylation sites (N-methyl/N-ethyl adjacent to an activating group) is 1. The number of benzene rings is 2. The first-order valence-electron chi connectivity index (χ1n) is 11.7. The number of aliphatic carboxylic acids is 1. The second kappa shape index (κ2) is 10.1. The van der Waals surface area contributed by atoms with Gasteiger partial charge in [-0.2, -0.15) is 0 Å². The van der Waals surface area contributed by atoms with Crippen molar-refractivity contribution in [3.05, 3.63) is 59.7 Å². The Kier molecular flexibility index (Phi) is 7.09. The fraction of sp³-hybridized carbons (Fsp3) is 0.423. The fourth-order valence-corrected chi connectivity index (χ4v) is 4.95. The van der Waals surface area contributed by atoms with Crippen molar-refractivity contribution in [1.29, 1.82) is 0 Å². The minimum Gasteiger partial charge on any atom is -0.479 e. The molecule has 1 aliphatic carbocycles. The molecular formula is C26H31N3O6. The SMILES string of the molecule is CN(C)C[C@H](NC(=O)OCC1c2ccccc2-c2ccccc21)C(=O)N1CCCC(O)(C(=O)O)C1. The molecule has 0 saturated carbocycles. The van der Waals surface area contributed by atoms with Gasteiger partial charge in [0.1, 0.15) is 12.6 Å². The minimum atomic E-state index is -1.99. The summed E-state index contributed by atoms with van der Waals surface area (Å²) in [4.78, 5) is 40.5. The minimum absolute atomic E-state index is 0.0737. The number of carbonyl (C=O) groups excluding carboxylic acids is 2. The number of amides is 2. The summed E-state index contributed by atoms with van der Waals surface area (Å²) in [5, 5.41) is 22.4. The van der Waals surface area contributed by atoms with Gasteiger partial charge in [-0.25, -0.2) is 9.59 Å². The molecule has 4 rings (SSSR count). The van der Waals surface area contributed by atoms with Gasteiger partial charge in [-0.05, 0) is 49.2 Å². The third kappa shape index (κ3) is 5.16. The third-order valence-corrected chi connectivity index (χ3v) is 6.66. The van der Waals surface area contributed by atoms with Crippen LogP contribution in [0.25, 0.3) is 11.1 Å². The molecule has 0 aromatic heterocycles. The van der Waals surface area contributed by atoms with Crippen molar-refractivity contribution in [3.8, 4) is 11.1 Å². The van der Waals surface area contributed by atoms with Crippen molar-refractivity contribution >= 4 is 18.0 Å². The Morgan fingerprint density at radius 1 is 1.11 bits per heavy atom. The molecular weight excluding hydrogens is 450 g/mol. The Morgan fingerprint density at radius 2 is 1.71 bits per heavy atom. The van der Waals surface area contributed by atoms with Gasteiger partial charge in [-0.3, -0.25) is 4.79 Å². The number of fused-ring (bicyclic) bond motifs is 3. The molecule has 0 radical (unpaired) electrons. The highest BCUT2D eigenvalue weighted by Gasteiger charge is 2.43. The number of piperidine rings is 1. The zero-order chi connectivity index (χ0) is 25.2. The molecule has 2 aromatic rings. The van der Waals surface area contributed by atoms with Crippen LogP contribution in [0.1, 0.15) is 29.9 Å². The third-order valence-electron chi connectivity index (χ3n) is 6.66. The van der Waals surface area contributed by atoms with Crippen LogP contribution >= 0.6 is 0 Å². The van der Waals surface area contributed by atoms with E-state index in [0.717, 1.165) is 22.3 Å². The number of carboxylic acid groups (broad SMARTS) is 1. The molecule has 1 heterocycles. The van der Waals surface area contributed by atoms with Gasteiger partial charge in [0, 0.05) is 19.0 Å². The second-order valence-electron chi connectivity index (χ2n) is 9.48. The van der Waals surface area contributed by atoms with E-state index in [0.29, 0.717) is 13.0 Å². The molecule has 2 aromatic carbocycles. The zero-order valence-corrected chi connectivity index (χ0v) is 19.9. The normalized spacial score (nSPS) is 20.2. The maximum absolute atomic E-state index is 13.2. The number of rotatable bonds is 7. The first kappa shape index (κ1) is 24.7. The number of hydrogen-bond acceptors (Lipinski definition) is 6. The van der Waals surface area contributed by atoms with Crippen LogP contribution in [0.2, 0.25) is 0 Å². The highest BCUT2D eigenvalue weighted by Crippen LogP contribution is 2.44. The number of likely N-dealkylation sites (tertiary alicyclic amines) is 1. The van der Waals surface area contributed by atoms with Crippen molar-refractivity contribution in [3.63, 3.8) is 0 Å². The number of hydrogen-bond donors (Lipinski definition) is 3. The molecule has 1 saturated heterocycles. The number of nitrogens with one attached hydrogen (secondary N) is 1. The quantitative estimate of drug-likeness (QED) is 0.553. The van der Waals surface area contributed by atoms with E-state index in [2.05, 4.69) is 17.4 Å². The number of carbonyl (C=O) groups is 3. The molecule has 3 N–H and O–H groups in total. The van der Waals surface area contributed by atoms with E-state index in [1.165, 1.54) is 4.90 Å². The summed E-state index contributed by atoms with van der Waals surface area (Å²) in [6.45, 7) is 0.304. The summed E-state index contributed by atoms with van der Waals surface area (Å²) >= 11 is 0. The molecule has 0 bridgehead atoms. The first-order chi connectivity index (χ1) is 16.7. The molecule has 1 aliphatic heterocycles. The number of ether oxygens (including phenoxy) is 1. The van der Waals surface area contributed by atoms with E-state index in [1.807, 2.05) is 36.4 Å². The molecule has 2 aliphatic rings. The van der Waals surface area contributed by atoms with E-state index < -0.39 is 29.6 Å². The van der Waals surface area contributed by atoms with Gasteiger partial charge in [0.25, 0.3) is 0 Å². The summed E-state index contributed by atoms with van der Waals surface area (Å²) in [6, 6.07) is 15.1. The van der Waals surface area contributed by atoms with E-state index >= 15 is 0 Å². The maximum atomic E-state index is 13.2. The van der Waals surface area contributed by atoms with E-state index in [4.69, 9.17) is 4.74 Å². The van der Waals surface area contributed by atoms with Crippen molar-refractivity contribution in [2.75, 3.05) is 40.3 Å². The molecule has 1 fully saturated rings. The van der Waals surface area contributed by atoms with Gasteiger partial charge >= 0.3 is 12.1 Å². The lowest BCUT2D eigenvalue weighted by molar-refractivity contribution is -0.167. The van der Waals surface area contributed by atoms with Gasteiger partial charge < -0.3 is 30.1 Å². The average molecular weight is 482 g/mol. The predicted octanol–water partition coefficient (Wildman–Crippen LogP) is 1.89. The Labute approximate surface area is 204 Å². The summed E-state index contributed by atoms with van der Waals surface area (Å²) in [7, 11) is 3.53. The summed E-state index contributed by atoms with van der Waals surface area (Å²) in [6.07, 6.45) is -0.295. The van der Waals surface area contributed by atoms with Gasteiger partial charge in [0.05, 0.1) is 6.54 Å². The topological polar surface area (TPSA) is 119 Å².